The summed E-state index contributed by atoms with van der Waals surface area (Å²) >= 11 is 0. The lowest BCUT2D eigenvalue weighted by molar-refractivity contribution is -0.913. The largest absolute Gasteiger partial charge is 0.366 e. The highest BCUT2D eigenvalue weighted by molar-refractivity contribution is 5.95. The highest BCUT2D eigenvalue weighted by atomic mass is 16.2. The molecule has 0 bridgehead atoms. The Kier molecular flexibility index (Phi) is 5.33. The van der Waals surface area contributed by atoms with E-state index in [1.807, 2.05) is 6.92 Å². The number of carbonyl (C=O) groups excluding carboxylic acids is 2. The molecule has 5 heteroatoms. The Balaban J connectivity index is 1.94. The highest BCUT2D eigenvalue weighted by Crippen LogP contribution is 2.09. The summed E-state index contributed by atoms with van der Waals surface area (Å²) in [6.07, 6.45) is 4.93. The van der Waals surface area contributed by atoms with Crippen LogP contribution in [0.15, 0.2) is 24.3 Å². The van der Waals surface area contributed by atoms with E-state index in [2.05, 4.69) is 5.32 Å². The minimum absolute atomic E-state index is 0.0266. The van der Waals surface area contributed by atoms with Gasteiger partial charge in [-0.1, -0.05) is 0 Å². The molecule has 2 rings (SSSR count). The third-order valence-corrected chi connectivity index (χ3v) is 4.19. The summed E-state index contributed by atoms with van der Waals surface area (Å²) in [5.74, 6) is -0.436. The number of rotatable bonds is 4. The van der Waals surface area contributed by atoms with Crippen molar-refractivity contribution in [3.05, 3.63) is 29.8 Å². The van der Waals surface area contributed by atoms with E-state index >= 15 is 0 Å². The smallest absolute Gasteiger partial charge is 0.282 e. The predicted molar refractivity (Wildman–Crippen MR) is 82.2 cm³/mol. The molecule has 0 spiro atoms. The molecule has 1 fully saturated rings. The number of likely N-dealkylation sites (tertiary alicyclic amines) is 1. The fraction of sp³-hybridized carbons (Fsp3) is 0.500. The molecule has 1 atom stereocenters. The molecular weight excluding hydrogens is 266 g/mol. The average Bonchev–Trinajstić information content (AvgIpc) is 2.76. The van der Waals surface area contributed by atoms with Gasteiger partial charge in [-0.25, -0.2) is 0 Å². The summed E-state index contributed by atoms with van der Waals surface area (Å²) in [6, 6.07) is 6.62. The Hall–Kier alpha value is -1.88. The van der Waals surface area contributed by atoms with Crippen molar-refractivity contribution < 1.29 is 14.5 Å². The van der Waals surface area contributed by atoms with E-state index in [4.69, 9.17) is 5.73 Å². The summed E-state index contributed by atoms with van der Waals surface area (Å²) in [6.45, 7) is 4.11. The average molecular weight is 290 g/mol. The van der Waals surface area contributed by atoms with Crippen LogP contribution in [-0.2, 0) is 4.79 Å². The number of amides is 2. The zero-order valence-electron chi connectivity index (χ0n) is 12.5. The van der Waals surface area contributed by atoms with Gasteiger partial charge in [0.05, 0.1) is 13.1 Å². The number of nitrogens with two attached hydrogens (primary N) is 1. The van der Waals surface area contributed by atoms with Crippen molar-refractivity contribution in [2.24, 2.45) is 5.73 Å². The van der Waals surface area contributed by atoms with Crippen LogP contribution in [0.1, 0.15) is 43.0 Å². The predicted octanol–water partition coefficient (Wildman–Crippen LogP) is 0.571. The first-order valence-corrected chi connectivity index (χ1v) is 7.63. The van der Waals surface area contributed by atoms with Crippen LogP contribution in [0.25, 0.3) is 0 Å². The van der Waals surface area contributed by atoms with Gasteiger partial charge < -0.3 is 16.0 Å². The van der Waals surface area contributed by atoms with Gasteiger partial charge >= 0.3 is 0 Å². The van der Waals surface area contributed by atoms with E-state index in [0.717, 1.165) is 13.1 Å². The zero-order chi connectivity index (χ0) is 15.2. The van der Waals surface area contributed by atoms with Gasteiger partial charge in [-0.05, 0) is 56.9 Å². The number of carbonyl (C=O) groups is 2. The molecule has 5 nitrogen and oxygen atoms in total. The summed E-state index contributed by atoms with van der Waals surface area (Å²) in [5.41, 5.74) is 6.34. The molecule has 1 saturated heterocycles. The Morgan fingerprint density at radius 2 is 1.67 bits per heavy atom. The van der Waals surface area contributed by atoms with Gasteiger partial charge in [-0.15, -0.1) is 0 Å². The van der Waals surface area contributed by atoms with Crippen molar-refractivity contribution in [3.8, 4) is 0 Å². The Labute approximate surface area is 125 Å². The molecule has 1 aromatic carbocycles. The molecule has 4 N–H and O–H groups in total. The first-order chi connectivity index (χ1) is 10.1. The van der Waals surface area contributed by atoms with Gasteiger partial charge in [0.2, 0.25) is 5.91 Å². The molecule has 114 valence electrons. The van der Waals surface area contributed by atoms with Gasteiger partial charge in [-0.3, -0.25) is 9.59 Å². The molecule has 0 saturated carbocycles. The lowest BCUT2D eigenvalue weighted by Gasteiger charge is -2.23. The van der Waals surface area contributed by atoms with E-state index in [1.165, 1.54) is 30.6 Å². The van der Waals surface area contributed by atoms with E-state index in [-0.39, 0.29) is 11.9 Å². The van der Waals surface area contributed by atoms with Crippen LogP contribution < -0.4 is 16.0 Å². The van der Waals surface area contributed by atoms with Gasteiger partial charge in [0, 0.05) is 11.3 Å². The molecule has 0 unspecified atom stereocenters. The highest BCUT2D eigenvalue weighted by Gasteiger charge is 2.25. The van der Waals surface area contributed by atoms with E-state index < -0.39 is 5.91 Å². The van der Waals surface area contributed by atoms with Crippen molar-refractivity contribution in [1.82, 2.24) is 0 Å². The standard InChI is InChI=1S/C16H23N3O2/c1-12(19-10-4-2-3-5-11-19)16(21)18-14-8-6-13(7-9-14)15(17)20/h6-9,12H,2-5,10-11H2,1H3,(H2,17,20)(H,18,21)/p+1/t12-/m0/s1. The van der Waals surface area contributed by atoms with Crippen molar-refractivity contribution in [3.63, 3.8) is 0 Å². The maximum Gasteiger partial charge on any atom is 0.282 e. The molecule has 0 aliphatic carbocycles. The second kappa shape index (κ2) is 7.22. The monoisotopic (exact) mass is 290 g/mol. The Bertz CT molecular complexity index is 491. The fourth-order valence-electron chi connectivity index (χ4n) is 2.77. The van der Waals surface area contributed by atoms with Crippen molar-refractivity contribution in [2.75, 3.05) is 18.4 Å². The van der Waals surface area contributed by atoms with Crippen LogP contribution in [0.4, 0.5) is 5.69 Å². The minimum atomic E-state index is -0.463. The van der Waals surface area contributed by atoms with Crippen molar-refractivity contribution in [1.29, 1.82) is 0 Å². The van der Waals surface area contributed by atoms with Crippen molar-refractivity contribution in [2.45, 2.75) is 38.6 Å². The van der Waals surface area contributed by atoms with Gasteiger partial charge in [0.15, 0.2) is 6.04 Å². The third kappa shape index (κ3) is 4.29. The Morgan fingerprint density at radius 1 is 1.10 bits per heavy atom. The molecule has 0 radical (unpaired) electrons. The molecule has 21 heavy (non-hydrogen) atoms. The summed E-state index contributed by atoms with van der Waals surface area (Å²) in [7, 11) is 0. The molecule has 2 amide bonds. The van der Waals surface area contributed by atoms with E-state index in [1.54, 1.807) is 24.3 Å². The minimum Gasteiger partial charge on any atom is -0.366 e. The fourth-order valence-corrected chi connectivity index (χ4v) is 2.77. The lowest BCUT2D eigenvalue weighted by Crippen LogP contribution is -3.16. The zero-order valence-corrected chi connectivity index (χ0v) is 12.5. The van der Waals surface area contributed by atoms with Gasteiger partial charge in [-0.2, -0.15) is 0 Å². The molecule has 1 aliphatic rings. The molecule has 1 aliphatic heterocycles. The van der Waals surface area contributed by atoms with E-state index in [0.29, 0.717) is 11.3 Å². The topological polar surface area (TPSA) is 76.6 Å². The summed E-state index contributed by atoms with van der Waals surface area (Å²) in [5, 5.41) is 2.91. The van der Waals surface area contributed by atoms with Crippen molar-refractivity contribution >= 4 is 17.5 Å². The SMILES string of the molecule is C[C@@H](C(=O)Nc1ccc(C(N)=O)cc1)[NH+]1CCCCCC1. The summed E-state index contributed by atoms with van der Waals surface area (Å²) < 4.78 is 0. The second-order valence-corrected chi connectivity index (χ2v) is 5.73. The normalized spacial score (nSPS) is 17.8. The van der Waals surface area contributed by atoms with Crippen LogP contribution >= 0.6 is 0 Å². The number of primary amides is 1. The molecule has 0 aromatic heterocycles. The quantitative estimate of drug-likeness (QED) is 0.758. The van der Waals surface area contributed by atoms with Crippen LogP contribution in [0, 0.1) is 0 Å². The van der Waals surface area contributed by atoms with Gasteiger partial charge in [0.1, 0.15) is 0 Å². The molecule has 1 aromatic rings. The third-order valence-electron chi connectivity index (χ3n) is 4.19. The first kappa shape index (κ1) is 15.5. The lowest BCUT2D eigenvalue weighted by atomic mass is 10.2. The molecular formula is C16H24N3O2+. The van der Waals surface area contributed by atoms with Crippen LogP contribution in [-0.4, -0.2) is 30.9 Å². The van der Waals surface area contributed by atoms with Crippen LogP contribution in [0.5, 0.6) is 0 Å². The van der Waals surface area contributed by atoms with E-state index in [9.17, 15) is 9.59 Å². The number of hydrogen-bond acceptors (Lipinski definition) is 2. The molecule has 1 heterocycles. The second-order valence-electron chi connectivity index (χ2n) is 5.73. The maximum absolute atomic E-state index is 12.3. The van der Waals surface area contributed by atoms with Gasteiger partial charge in [0.25, 0.3) is 5.91 Å². The first-order valence-electron chi connectivity index (χ1n) is 7.63. The number of hydrogen-bond donors (Lipinski definition) is 3. The number of anilines is 1. The maximum atomic E-state index is 12.3. The number of quaternary nitrogens is 1. The number of nitrogens with one attached hydrogen (secondary N) is 2. The van der Waals surface area contributed by atoms with Crippen LogP contribution in [0.3, 0.4) is 0 Å². The van der Waals surface area contributed by atoms with Crippen LogP contribution in [0.2, 0.25) is 0 Å². The Morgan fingerprint density at radius 3 is 2.19 bits per heavy atom. The summed E-state index contributed by atoms with van der Waals surface area (Å²) in [4.78, 5) is 24.7. The number of benzene rings is 1.